The molecule has 0 bridgehead atoms. The van der Waals surface area contributed by atoms with Crippen molar-refractivity contribution in [3.05, 3.63) is 69.7 Å². The number of carbonyl (C=O) groups excluding carboxylic acids is 2. The van der Waals surface area contributed by atoms with Crippen LogP contribution in [0.3, 0.4) is 0 Å². The highest BCUT2D eigenvalue weighted by Crippen LogP contribution is 2.20. The van der Waals surface area contributed by atoms with E-state index in [1.807, 2.05) is 25.1 Å². The molecule has 0 aliphatic carbocycles. The molecule has 0 spiro atoms. The van der Waals surface area contributed by atoms with Gasteiger partial charge in [-0.1, -0.05) is 36.4 Å². The molecule has 1 atom stereocenters. The SMILES string of the molecule is Cc1ccc(C(=O)N[C@@H](C(N)=O)c2ccccc2)c(Br)c1. The van der Waals surface area contributed by atoms with Gasteiger partial charge in [-0.15, -0.1) is 0 Å². The standard InChI is InChI=1S/C16H15BrN2O2/c1-10-7-8-12(13(17)9-10)16(21)19-14(15(18)20)11-5-3-2-4-6-11/h2-9,14H,1H3,(H2,18,20)(H,19,21)/t14-/m1/s1. The van der Waals surface area contributed by atoms with Crippen LogP contribution in [0.15, 0.2) is 53.0 Å². The van der Waals surface area contributed by atoms with E-state index in [0.717, 1.165) is 5.56 Å². The third-order valence-corrected chi connectivity index (χ3v) is 3.72. The molecule has 0 aliphatic heterocycles. The minimum Gasteiger partial charge on any atom is -0.368 e. The Morgan fingerprint density at radius 3 is 2.38 bits per heavy atom. The molecule has 0 heterocycles. The number of carbonyl (C=O) groups is 2. The molecule has 0 saturated heterocycles. The lowest BCUT2D eigenvalue weighted by atomic mass is 10.1. The van der Waals surface area contributed by atoms with E-state index < -0.39 is 11.9 Å². The molecule has 3 N–H and O–H groups in total. The van der Waals surface area contributed by atoms with Crippen molar-refractivity contribution in [1.29, 1.82) is 0 Å². The van der Waals surface area contributed by atoms with E-state index >= 15 is 0 Å². The van der Waals surface area contributed by atoms with Gasteiger partial charge in [0, 0.05) is 4.47 Å². The van der Waals surface area contributed by atoms with Gasteiger partial charge in [0.1, 0.15) is 6.04 Å². The van der Waals surface area contributed by atoms with E-state index in [1.54, 1.807) is 30.3 Å². The lowest BCUT2D eigenvalue weighted by molar-refractivity contribution is -0.120. The second-order valence-electron chi connectivity index (χ2n) is 4.70. The first-order chi connectivity index (χ1) is 9.99. The molecule has 108 valence electrons. The third-order valence-electron chi connectivity index (χ3n) is 3.06. The van der Waals surface area contributed by atoms with Crippen molar-refractivity contribution < 1.29 is 9.59 Å². The van der Waals surface area contributed by atoms with Crippen LogP contribution in [-0.2, 0) is 4.79 Å². The molecule has 4 nitrogen and oxygen atoms in total. The maximum absolute atomic E-state index is 12.3. The van der Waals surface area contributed by atoms with Crippen molar-refractivity contribution in [3.63, 3.8) is 0 Å². The number of primary amides is 1. The number of halogens is 1. The summed E-state index contributed by atoms with van der Waals surface area (Å²) in [7, 11) is 0. The number of hydrogen-bond acceptors (Lipinski definition) is 2. The summed E-state index contributed by atoms with van der Waals surface area (Å²) in [6.07, 6.45) is 0. The van der Waals surface area contributed by atoms with E-state index in [9.17, 15) is 9.59 Å². The quantitative estimate of drug-likeness (QED) is 0.893. The first-order valence-electron chi connectivity index (χ1n) is 6.40. The summed E-state index contributed by atoms with van der Waals surface area (Å²) in [5.41, 5.74) is 7.54. The molecular formula is C16H15BrN2O2. The van der Waals surface area contributed by atoms with Crippen molar-refractivity contribution in [2.45, 2.75) is 13.0 Å². The Morgan fingerprint density at radius 1 is 1.14 bits per heavy atom. The van der Waals surface area contributed by atoms with Crippen molar-refractivity contribution >= 4 is 27.7 Å². The number of benzene rings is 2. The van der Waals surface area contributed by atoms with Gasteiger partial charge in [-0.05, 0) is 46.1 Å². The first-order valence-corrected chi connectivity index (χ1v) is 7.19. The topological polar surface area (TPSA) is 72.2 Å². The van der Waals surface area contributed by atoms with E-state index in [4.69, 9.17) is 5.73 Å². The highest BCUT2D eigenvalue weighted by atomic mass is 79.9. The number of nitrogens with one attached hydrogen (secondary N) is 1. The fraction of sp³-hybridized carbons (Fsp3) is 0.125. The van der Waals surface area contributed by atoms with Crippen LogP contribution in [0.4, 0.5) is 0 Å². The zero-order chi connectivity index (χ0) is 15.4. The molecule has 0 saturated carbocycles. The van der Waals surface area contributed by atoms with Gasteiger partial charge in [0.2, 0.25) is 5.91 Å². The van der Waals surface area contributed by atoms with Gasteiger partial charge in [-0.25, -0.2) is 0 Å². The van der Waals surface area contributed by atoms with Crippen molar-refractivity contribution in [2.75, 3.05) is 0 Å². The molecule has 21 heavy (non-hydrogen) atoms. The molecule has 5 heteroatoms. The summed E-state index contributed by atoms with van der Waals surface area (Å²) in [5.74, 6) is -0.952. The molecule has 0 aromatic heterocycles. The molecule has 2 rings (SSSR count). The van der Waals surface area contributed by atoms with Crippen LogP contribution in [0, 0.1) is 6.92 Å². The molecule has 0 aliphatic rings. The van der Waals surface area contributed by atoms with Crippen LogP contribution in [0.2, 0.25) is 0 Å². The van der Waals surface area contributed by atoms with Gasteiger partial charge in [0.15, 0.2) is 0 Å². The number of aryl methyl sites for hydroxylation is 1. The minimum atomic E-state index is -0.855. The summed E-state index contributed by atoms with van der Waals surface area (Å²) in [4.78, 5) is 23.9. The normalized spacial score (nSPS) is 11.7. The van der Waals surface area contributed by atoms with Gasteiger partial charge in [0.05, 0.1) is 5.56 Å². The molecular weight excluding hydrogens is 332 g/mol. The monoisotopic (exact) mass is 346 g/mol. The lowest BCUT2D eigenvalue weighted by Crippen LogP contribution is -2.37. The zero-order valence-corrected chi connectivity index (χ0v) is 13.1. The third kappa shape index (κ3) is 3.70. The van der Waals surface area contributed by atoms with Crippen molar-refractivity contribution in [1.82, 2.24) is 5.32 Å². The molecule has 0 fully saturated rings. The van der Waals surface area contributed by atoms with E-state index in [0.29, 0.717) is 15.6 Å². The second-order valence-corrected chi connectivity index (χ2v) is 5.56. The van der Waals surface area contributed by atoms with Crippen LogP contribution in [0.1, 0.15) is 27.5 Å². The van der Waals surface area contributed by atoms with Gasteiger partial charge in [-0.2, -0.15) is 0 Å². The van der Waals surface area contributed by atoms with Crippen LogP contribution < -0.4 is 11.1 Å². The van der Waals surface area contributed by atoms with Crippen LogP contribution in [0.5, 0.6) is 0 Å². The summed E-state index contributed by atoms with van der Waals surface area (Å²) in [6, 6.07) is 13.4. The maximum atomic E-state index is 12.3. The number of rotatable bonds is 4. The van der Waals surface area contributed by atoms with E-state index in [-0.39, 0.29) is 5.91 Å². The number of hydrogen-bond donors (Lipinski definition) is 2. The zero-order valence-electron chi connectivity index (χ0n) is 11.5. The van der Waals surface area contributed by atoms with Crippen LogP contribution in [-0.4, -0.2) is 11.8 Å². The highest BCUT2D eigenvalue weighted by Gasteiger charge is 2.21. The van der Waals surface area contributed by atoms with Crippen LogP contribution >= 0.6 is 15.9 Å². The Morgan fingerprint density at radius 2 is 1.81 bits per heavy atom. The molecule has 2 aromatic carbocycles. The average Bonchev–Trinajstić information content (AvgIpc) is 2.45. The Labute approximate surface area is 131 Å². The van der Waals surface area contributed by atoms with Crippen molar-refractivity contribution in [2.24, 2.45) is 5.73 Å². The Hall–Kier alpha value is -2.14. The Bertz CT molecular complexity index is 671. The lowest BCUT2D eigenvalue weighted by Gasteiger charge is -2.16. The van der Waals surface area contributed by atoms with Gasteiger partial charge in [0.25, 0.3) is 5.91 Å². The molecule has 2 aromatic rings. The first kappa shape index (κ1) is 15.3. The highest BCUT2D eigenvalue weighted by molar-refractivity contribution is 9.10. The largest absolute Gasteiger partial charge is 0.368 e. The van der Waals surface area contributed by atoms with E-state index in [2.05, 4.69) is 21.2 Å². The van der Waals surface area contributed by atoms with Crippen LogP contribution in [0.25, 0.3) is 0 Å². The van der Waals surface area contributed by atoms with Gasteiger partial charge in [-0.3, -0.25) is 9.59 Å². The molecule has 2 amide bonds. The fourth-order valence-corrected chi connectivity index (χ4v) is 2.65. The smallest absolute Gasteiger partial charge is 0.253 e. The molecule has 0 radical (unpaired) electrons. The Kier molecular flexibility index (Phi) is 4.75. The number of nitrogens with two attached hydrogens (primary N) is 1. The molecule has 0 unspecified atom stereocenters. The van der Waals surface area contributed by atoms with Crippen molar-refractivity contribution in [3.8, 4) is 0 Å². The average molecular weight is 347 g/mol. The number of amides is 2. The summed E-state index contributed by atoms with van der Waals surface area (Å²) < 4.78 is 0.677. The maximum Gasteiger partial charge on any atom is 0.253 e. The summed E-state index contributed by atoms with van der Waals surface area (Å²) in [5, 5.41) is 2.67. The summed E-state index contributed by atoms with van der Waals surface area (Å²) in [6.45, 7) is 1.93. The minimum absolute atomic E-state index is 0.352. The van der Waals surface area contributed by atoms with E-state index in [1.165, 1.54) is 0 Å². The Balaban J connectivity index is 2.25. The fourth-order valence-electron chi connectivity index (χ4n) is 1.98. The predicted molar refractivity (Wildman–Crippen MR) is 84.7 cm³/mol. The predicted octanol–water partition coefficient (Wildman–Crippen LogP) is 2.71. The second kappa shape index (κ2) is 6.54. The van der Waals surface area contributed by atoms with Gasteiger partial charge < -0.3 is 11.1 Å². The summed E-state index contributed by atoms with van der Waals surface area (Å²) >= 11 is 3.35. The van der Waals surface area contributed by atoms with Gasteiger partial charge >= 0.3 is 0 Å².